The Morgan fingerprint density at radius 3 is 2.59 bits per heavy atom. The van der Waals surface area contributed by atoms with E-state index in [0.29, 0.717) is 19.4 Å². The van der Waals surface area contributed by atoms with Crippen molar-refractivity contribution in [2.75, 3.05) is 13.2 Å². The second-order valence-corrected chi connectivity index (χ2v) is 4.99. The van der Waals surface area contributed by atoms with Gasteiger partial charge in [0.25, 0.3) is 0 Å². The Morgan fingerprint density at radius 2 is 2.06 bits per heavy atom. The monoisotopic (exact) mass is 269 g/mol. The highest BCUT2D eigenvalue weighted by molar-refractivity contribution is 7.80. The summed E-state index contributed by atoms with van der Waals surface area (Å²) in [5, 5.41) is 1.16. The maximum atomic E-state index is 11.1. The lowest BCUT2D eigenvalue weighted by Crippen LogP contribution is -2.46. The maximum absolute atomic E-state index is 11.1. The van der Waals surface area contributed by atoms with Crippen LogP contribution in [-0.4, -0.2) is 59.6 Å². The summed E-state index contributed by atoms with van der Waals surface area (Å²) in [6.45, 7) is 0.668. The van der Waals surface area contributed by atoms with E-state index in [1.54, 1.807) is 4.90 Å². The highest BCUT2D eigenvalue weighted by Crippen LogP contribution is 2.28. The lowest BCUT2D eigenvalue weighted by atomic mass is 10.0. The summed E-state index contributed by atoms with van der Waals surface area (Å²) in [6.07, 6.45) is 1.19. The van der Waals surface area contributed by atoms with E-state index in [9.17, 15) is 13.2 Å². The van der Waals surface area contributed by atoms with Gasteiger partial charge in [-0.3, -0.25) is 14.2 Å². The van der Waals surface area contributed by atoms with Crippen LogP contribution in [0.4, 0.5) is 0 Å². The normalized spacial score (nSPS) is 33.1. The molecule has 1 amide bonds. The summed E-state index contributed by atoms with van der Waals surface area (Å²) in [7, 11) is -4.50. The van der Waals surface area contributed by atoms with Gasteiger partial charge in [0.1, 0.15) is 0 Å². The third-order valence-corrected chi connectivity index (χ3v) is 3.29. The second-order valence-electron chi connectivity index (χ2n) is 3.98. The second kappa shape index (κ2) is 4.84. The lowest BCUT2D eigenvalue weighted by molar-refractivity contribution is -0.124. The summed E-state index contributed by atoms with van der Waals surface area (Å²) in [4.78, 5) is 12.8. The first-order chi connectivity index (χ1) is 7.37. The zero-order valence-corrected chi connectivity index (χ0v) is 9.76. The van der Waals surface area contributed by atoms with E-state index in [4.69, 9.17) is 10.3 Å². The predicted molar refractivity (Wildman–Crippen MR) is 55.7 cm³/mol. The van der Waals surface area contributed by atoms with Crippen molar-refractivity contribution in [3.63, 3.8) is 0 Å². The van der Waals surface area contributed by atoms with E-state index in [1.807, 2.05) is 0 Å². The quantitative estimate of drug-likeness (QED) is 0.538. The van der Waals surface area contributed by atoms with Gasteiger partial charge in [0.15, 0.2) is 0 Å². The van der Waals surface area contributed by atoms with Crippen molar-refractivity contribution in [2.45, 2.75) is 24.9 Å². The number of piperidine rings is 1. The van der Waals surface area contributed by atoms with Crippen molar-refractivity contribution >= 4 is 16.3 Å². The Labute approximate surface area is 98.3 Å². The molecule has 2 saturated heterocycles. The van der Waals surface area contributed by atoms with Crippen LogP contribution >= 0.6 is 0 Å². The van der Waals surface area contributed by atoms with Crippen LogP contribution in [0.25, 0.3) is 0 Å². The molecule has 5 N–H and O–H groups in total. The molecule has 0 radical (unpaired) electrons. The van der Waals surface area contributed by atoms with Crippen molar-refractivity contribution in [3.8, 4) is 0 Å². The molecule has 9 nitrogen and oxygen atoms in total. The number of carbonyl (C=O) groups is 1. The fraction of sp³-hybridized carbons (Fsp3) is 0.857. The van der Waals surface area contributed by atoms with Gasteiger partial charge in [-0.05, 0) is 12.8 Å². The highest BCUT2D eigenvalue weighted by Gasteiger charge is 2.43. The van der Waals surface area contributed by atoms with E-state index in [0.717, 1.165) is 5.06 Å². The standard InChI is InChI=1S/C7H13N3O5S.H2O/c8-7(11)6-2-1-5-3-9(6)4-10(5)15-16(12,13)14;/h5-6H,1-4H2,(H2,8,11)(H,12,13,14);1H2. The maximum Gasteiger partial charge on any atom is 0.413 e. The average Bonchev–Trinajstić information content (AvgIpc) is 2.40. The van der Waals surface area contributed by atoms with Crippen LogP contribution in [0.2, 0.25) is 0 Å². The highest BCUT2D eigenvalue weighted by atomic mass is 32.3. The lowest BCUT2D eigenvalue weighted by Gasteiger charge is -2.27. The molecule has 17 heavy (non-hydrogen) atoms. The Hall–Kier alpha value is -0.780. The summed E-state index contributed by atoms with van der Waals surface area (Å²) >= 11 is 0. The number of nitrogens with two attached hydrogens (primary N) is 1. The van der Waals surface area contributed by atoms with Crippen molar-refractivity contribution in [1.82, 2.24) is 9.96 Å². The van der Waals surface area contributed by atoms with Gasteiger partial charge in [-0.2, -0.15) is 17.8 Å². The molecule has 0 aromatic heterocycles. The van der Waals surface area contributed by atoms with Gasteiger partial charge in [0, 0.05) is 6.54 Å². The first kappa shape index (κ1) is 14.3. The zero-order valence-electron chi connectivity index (χ0n) is 8.94. The molecule has 100 valence electrons. The van der Waals surface area contributed by atoms with Crippen LogP contribution in [0.3, 0.4) is 0 Å². The van der Waals surface area contributed by atoms with Gasteiger partial charge in [-0.15, -0.1) is 0 Å². The molecule has 2 heterocycles. The zero-order chi connectivity index (χ0) is 11.9. The van der Waals surface area contributed by atoms with E-state index in [2.05, 4.69) is 4.28 Å². The van der Waals surface area contributed by atoms with Gasteiger partial charge < -0.3 is 11.2 Å². The molecule has 0 aromatic rings. The number of fused-ring (bicyclic) bond motifs is 2. The van der Waals surface area contributed by atoms with Crippen molar-refractivity contribution in [1.29, 1.82) is 0 Å². The molecule has 2 rings (SSSR count). The summed E-state index contributed by atoms with van der Waals surface area (Å²) < 4.78 is 34.1. The molecular formula is C7H15N3O6S. The van der Waals surface area contributed by atoms with Crippen molar-refractivity contribution < 1.29 is 27.5 Å². The fourth-order valence-corrected chi connectivity index (χ4v) is 2.65. The molecule has 0 spiro atoms. The van der Waals surface area contributed by atoms with Gasteiger partial charge in [-0.1, -0.05) is 0 Å². The molecule has 2 aliphatic heterocycles. The van der Waals surface area contributed by atoms with Crippen molar-refractivity contribution in [3.05, 3.63) is 0 Å². The molecule has 2 bridgehead atoms. The molecule has 10 heteroatoms. The number of rotatable bonds is 3. The number of nitrogens with zero attached hydrogens (tertiary/aromatic N) is 2. The van der Waals surface area contributed by atoms with Gasteiger partial charge in [0.05, 0.1) is 18.8 Å². The molecule has 2 fully saturated rings. The molecule has 0 saturated carbocycles. The number of hydrogen-bond acceptors (Lipinski definition) is 6. The number of hydroxylamine groups is 2. The third-order valence-electron chi connectivity index (χ3n) is 2.91. The van der Waals surface area contributed by atoms with Crippen molar-refractivity contribution in [2.24, 2.45) is 5.73 Å². The Balaban J connectivity index is 0.00000144. The topological polar surface area (TPSA) is 145 Å². The summed E-state index contributed by atoms with van der Waals surface area (Å²) in [5.41, 5.74) is 5.22. The van der Waals surface area contributed by atoms with E-state index >= 15 is 0 Å². The van der Waals surface area contributed by atoms with E-state index in [-0.39, 0.29) is 24.2 Å². The summed E-state index contributed by atoms with van der Waals surface area (Å²) in [5.74, 6) is -0.424. The van der Waals surface area contributed by atoms with Crippen LogP contribution in [0, 0.1) is 0 Å². The minimum Gasteiger partial charge on any atom is -0.412 e. The van der Waals surface area contributed by atoms with Crippen LogP contribution in [0.1, 0.15) is 12.8 Å². The first-order valence-corrected chi connectivity index (χ1v) is 6.20. The smallest absolute Gasteiger partial charge is 0.412 e. The molecule has 0 aromatic carbocycles. The first-order valence-electron chi connectivity index (χ1n) is 4.84. The minimum atomic E-state index is -4.50. The molecule has 3 unspecified atom stereocenters. The number of primary amides is 1. The predicted octanol–water partition coefficient (Wildman–Crippen LogP) is -2.51. The van der Waals surface area contributed by atoms with Gasteiger partial charge in [-0.25, -0.2) is 0 Å². The fourth-order valence-electron chi connectivity index (χ4n) is 2.24. The van der Waals surface area contributed by atoms with Crippen LogP contribution < -0.4 is 5.73 Å². The largest absolute Gasteiger partial charge is 0.413 e. The Kier molecular flexibility index (Phi) is 4.06. The van der Waals surface area contributed by atoms with Gasteiger partial charge >= 0.3 is 10.4 Å². The minimum absolute atomic E-state index is 0. The average molecular weight is 269 g/mol. The molecule has 3 atom stereocenters. The summed E-state index contributed by atoms with van der Waals surface area (Å²) in [6, 6.07) is -0.510. The van der Waals surface area contributed by atoms with Crippen LogP contribution in [-0.2, 0) is 19.5 Å². The van der Waals surface area contributed by atoms with Crippen LogP contribution in [0.5, 0.6) is 0 Å². The SMILES string of the molecule is NC(=O)C1CCC2CN1CN2OS(=O)(=O)O.O. The Morgan fingerprint density at radius 1 is 1.41 bits per heavy atom. The number of hydrogen-bond donors (Lipinski definition) is 2. The number of carbonyl (C=O) groups excluding carboxylic acids is 1. The molecular weight excluding hydrogens is 254 g/mol. The molecule has 2 aliphatic rings. The van der Waals surface area contributed by atoms with Gasteiger partial charge in [0.2, 0.25) is 5.91 Å². The van der Waals surface area contributed by atoms with E-state index in [1.165, 1.54) is 0 Å². The molecule has 0 aliphatic carbocycles. The van der Waals surface area contributed by atoms with Crippen LogP contribution in [0.15, 0.2) is 0 Å². The third kappa shape index (κ3) is 3.12. The van der Waals surface area contributed by atoms with E-state index < -0.39 is 16.3 Å². The number of amides is 1. The Bertz CT molecular complexity index is 398.